The van der Waals surface area contributed by atoms with Crippen LogP contribution in [0.4, 0.5) is 0 Å². The lowest BCUT2D eigenvalue weighted by atomic mass is 9.72. The molecule has 2 fully saturated rings. The molecule has 106 valence electrons. The van der Waals surface area contributed by atoms with Crippen LogP contribution < -0.4 is 0 Å². The van der Waals surface area contributed by atoms with E-state index >= 15 is 0 Å². The van der Waals surface area contributed by atoms with Crippen molar-refractivity contribution in [1.82, 2.24) is 0 Å². The van der Waals surface area contributed by atoms with Gasteiger partial charge < -0.3 is 14.6 Å². The second-order valence-electron chi connectivity index (χ2n) is 6.44. The largest absolute Gasteiger partial charge is 0.396 e. The van der Waals surface area contributed by atoms with E-state index in [0.717, 1.165) is 25.9 Å². The summed E-state index contributed by atoms with van der Waals surface area (Å²) in [5.74, 6) is 1.39. The Balaban J connectivity index is 2.12. The summed E-state index contributed by atoms with van der Waals surface area (Å²) in [6.45, 7) is 7.82. The Kier molecular flexibility index (Phi) is 4.68. The summed E-state index contributed by atoms with van der Waals surface area (Å²) in [6.07, 6.45) is 5.33. The van der Waals surface area contributed by atoms with Crippen molar-refractivity contribution in [3.63, 3.8) is 0 Å². The van der Waals surface area contributed by atoms with Crippen molar-refractivity contribution in [3.8, 4) is 0 Å². The van der Waals surface area contributed by atoms with E-state index in [-0.39, 0.29) is 18.5 Å². The standard InChI is InChI=1S/C15H28O3/c1-11(2)14-5-4-12(3)10-15(14)17-9-7-13(18-15)6-8-16/h11-14,16H,4-10H2,1-3H3/t12-,13-,14+,15?/m1/s1. The van der Waals surface area contributed by atoms with E-state index in [9.17, 15) is 0 Å². The van der Waals surface area contributed by atoms with E-state index < -0.39 is 0 Å². The molecule has 4 atom stereocenters. The summed E-state index contributed by atoms with van der Waals surface area (Å²) in [5.41, 5.74) is 0. The maximum absolute atomic E-state index is 9.11. The maximum atomic E-state index is 9.11. The molecular formula is C15H28O3. The van der Waals surface area contributed by atoms with Gasteiger partial charge in [-0.1, -0.05) is 27.2 Å². The van der Waals surface area contributed by atoms with E-state index in [0.29, 0.717) is 17.8 Å². The lowest BCUT2D eigenvalue weighted by Crippen LogP contribution is -2.54. The molecule has 18 heavy (non-hydrogen) atoms. The van der Waals surface area contributed by atoms with Crippen molar-refractivity contribution in [2.24, 2.45) is 17.8 Å². The average molecular weight is 256 g/mol. The monoisotopic (exact) mass is 256 g/mol. The van der Waals surface area contributed by atoms with Gasteiger partial charge in [0, 0.05) is 18.9 Å². The molecule has 2 rings (SSSR count). The first kappa shape index (κ1) is 14.3. The number of ether oxygens (including phenoxy) is 2. The zero-order valence-electron chi connectivity index (χ0n) is 12.0. The molecule has 3 heteroatoms. The molecule has 1 heterocycles. The first-order valence-corrected chi connectivity index (χ1v) is 7.50. The average Bonchev–Trinajstić information content (AvgIpc) is 2.28. The van der Waals surface area contributed by atoms with Crippen LogP contribution in [0.25, 0.3) is 0 Å². The fourth-order valence-corrected chi connectivity index (χ4v) is 3.65. The molecule has 0 aromatic rings. The Bertz CT molecular complexity index is 264. The molecule has 1 saturated heterocycles. The molecule has 0 aromatic heterocycles. The van der Waals surface area contributed by atoms with Gasteiger partial charge in [0.25, 0.3) is 0 Å². The minimum absolute atomic E-state index is 0.176. The summed E-state index contributed by atoms with van der Waals surface area (Å²) in [5, 5.41) is 9.11. The van der Waals surface area contributed by atoms with Crippen LogP contribution in [0.1, 0.15) is 52.9 Å². The quantitative estimate of drug-likeness (QED) is 0.843. The Morgan fingerprint density at radius 1 is 1.28 bits per heavy atom. The highest BCUT2D eigenvalue weighted by molar-refractivity contribution is 4.91. The van der Waals surface area contributed by atoms with Crippen molar-refractivity contribution in [3.05, 3.63) is 0 Å². The molecule has 2 aliphatic rings. The second-order valence-corrected chi connectivity index (χ2v) is 6.44. The number of aliphatic hydroxyl groups excluding tert-OH is 1. The molecule has 0 radical (unpaired) electrons. The minimum atomic E-state index is -0.371. The van der Waals surface area contributed by atoms with E-state index in [1.165, 1.54) is 12.8 Å². The first-order valence-electron chi connectivity index (χ1n) is 7.50. The molecule has 1 N–H and O–H groups in total. The van der Waals surface area contributed by atoms with Gasteiger partial charge in [0.15, 0.2) is 5.79 Å². The fourth-order valence-electron chi connectivity index (χ4n) is 3.65. The zero-order valence-corrected chi connectivity index (χ0v) is 12.0. The topological polar surface area (TPSA) is 38.7 Å². The summed E-state index contributed by atoms with van der Waals surface area (Å²) >= 11 is 0. The summed E-state index contributed by atoms with van der Waals surface area (Å²) < 4.78 is 12.4. The maximum Gasteiger partial charge on any atom is 0.171 e. The van der Waals surface area contributed by atoms with Gasteiger partial charge in [-0.15, -0.1) is 0 Å². The SMILES string of the molecule is CC(C)[C@@H]1CC[C@@H](C)CC12OCC[C@@H](CCO)O2. The van der Waals surface area contributed by atoms with Crippen LogP contribution in [0.2, 0.25) is 0 Å². The third-order valence-electron chi connectivity index (χ3n) is 4.58. The van der Waals surface area contributed by atoms with E-state index in [2.05, 4.69) is 20.8 Å². The van der Waals surface area contributed by atoms with Crippen LogP contribution in [0, 0.1) is 17.8 Å². The number of aliphatic hydroxyl groups is 1. The lowest BCUT2D eigenvalue weighted by molar-refractivity contribution is -0.339. The summed E-state index contributed by atoms with van der Waals surface area (Å²) in [6, 6.07) is 0. The smallest absolute Gasteiger partial charge is 0.171 e. The predicted molar refractivity (Wildman–Crippen MR) is 71.2 cm³/mol. The van der Waals surface area contributed by atoms with Gasteiger partial charge in [-0.25, -0.2) is 0 Å². The van der Waals surface area contributed by atoms with Crippen LogP contribution in [-0.4, -0.2) is 30.2 Å². The van der Waals surface area contributed by atoms with Crippen molar-refractivity contribution in [2.45, 2.75) is 64.8 Å². The Labute approximate surface area is 111 Å². The molecule has 3 nitrogen and oxygen atoms in total. The molecule has 1 spiro atoms. The number of hydrogen-bond acceptors (Lipinski definition) is 3. The minimum Gasteiger partial charge on any atom is -0.396 e. The summed E-state index contributed by atoms with van der Waals surface area (Å²) in [4.78, 5) is 0. The molecule has 1 aliphatic carbocycles. The first-order chi connectivity index (χ1) is 8.57. The number of hydrogen-bond donors (Lipinski definition) is 1. The molecule has 1 saturated carbocycles. The highest BCUT2D eigenvalue weighted by Crippen LogP contribution is 2.46. The van der Waals surface area contributed by atoms with Crippen molar-refractivity contribution in [1.29, 1.82) is 0 Å². The van der Waals surface area contributed by atoms with Gasteiger partial charge in [-0.2, -0.15) is 0 Å². The van der Waals surface area contributed by atoms with Crippen LogP contribution in [0.15, 0.2) is 0 Å². The van der Waals surface area contributed by atoms with Crippen LogP contribution in [0.5, 0.6) is 0 Å². The Morgan fingerprint density at radius 2 is 2.06 bits per heavy atom. The van der Waals surface area contributed by atoms with Gasteiger partial charge in [0.2, 0.25) is 0 Å². The lowest BCUT2D eigenvalue weighted by Gasteiger charge is -2.51. The van der Waals surface area contributed by atoms with Crippen molar-refractivity contribution >= 4 is 0 Å². The molecule has 1 aliphatic heterocycles. The predicted octanol–water partition coefficient (Wildman–Crippen LogP) is 2.96. The van der Waals surface area contributed by atoms with Crippen LogP contribution in [0.3, 0.4) is 0 Å². The Morgan fingerprint density at radius 3 is 2.72 bits per heavy atom. The molecule has 0 bridgehead atoms. The van der Waals surface area contributed by atoms with Gasteiger partial charge in [-0.3, -0.25) is 0 Å². The van der Waals surface area contributed by atoms with Gasteiger partial charge in [-0.05, 0) is 31.1 Å². The van der Waals surface area contributed by atoms with E-state index in [1.807, 2.05) is 0 Å². The number of rotatable bonds is 3. The summed E-state index contributed by atoms with van der Waals surface area (Å²) in [7, 11) is 0. The second kappa shape index (κ2) is 5.89. The van der Waals surface area contributed by atoms with Gasteiger partial charge in [0.1, 0.15) is 0 Å². The molecular weight excluding hydrogens is 228 g/mol. The van der Waals surface area contributed by atoms with E-state index in [4.69, 9.17) is 14.6 Å². The van der Waals surface area contributed by atoms with Crippen LogP contribution >= 0.6 is 0 Å². The van der Waals surface area contributed by atoms with Crippen LogP contribution in [-0.2, 0) is 9.47 Å². The van der Waals surface area contributed by atoms with E-state index in [1.54, 1.807) is 0 Å². The molecule has 0 aromatic carbocycles. The van der Waals surface area contributed by atoms with Gasteiger partial charge in [0.05, 0.1) is 12.7 Å². The Hall–Kier alpha value is -0.120. The zero-order chi connectivity index (χ0) is 13.2. The highest BCUT2D eigenvalue weighted by atomic mass is 16.7. The fraction of sp³-hybridized carbons (Fsp3) is 1.00. The van der Waals surface area contributed by atoms with Crippen molar-refractivity contribution < 1.29 is 14.6 Å². The highest BCUT2D eigenvalue weighted by Gasteiger charge is 2.49. The third kappa shape index (κ3) is 2.89. The van der Waals surface area contributed by atoms with Crippen molar-refractivity contribution in [2.75, 3.05) is 13.2 Å². The third-order valence-corrected chi connectivity index (χ3v) is 4.58. The molecule has 0 amide bonds. The van der Waals surface area contributed by atoms with Gasteiger partial charge >= 0.3 is 0 Å². The molecule has 1 unspecified atom stereocenters. The normalized spacial score (nSPS) is 41.5.